The Morgan fingerprint density at radius 3 is 2.50 bits per heavy atom. The molecule has 8 heteroatoms. The van der Waals surface area contributed by atoms with Crippen LogP contribution in [0.25, 0.3) is 5.65 Å². The molecule has 28 heavy (non-hydrogen) atoms. The van der Waals surface area contributed by atoms with Gasteiger partial charge in [-0.15, -0.1) is 4.39 Å². The minimum Gasteiger partial charge on any atom is -0.393 e. The lowest BCUT2D eigenvalue weighted by molar-refractivity contribution is -0.0688. The first-order valence-electron chi connectivity index (χ1n) is 8.65. The van der Waals surface area contributed by atoms with E-state index in [1.54, 1.807) is 47.0 Å². The molecule has 0 aliphatic heterocycles. The molecular weight excluding hydrogens is 371 g/mol. The standard InChI is InChI=1S/C20H18F3N3O2/c1-12(2)10-15-18(25-20(23)28-19(21)22)24-16-9-8-14(11-26(15)16)17(27)13-6-4-3-5-7-13/h3-9,11-12,19H,10H2,1-2H3/b25-20-. The fourth-order valence-electron chi connectivity index (χ4n) is 2.82. The number of nitrogens with zero attached hydrogens (tertiary/aromatic N) is 3. The summed E-state index contributed by atoms with van der Waals surface area (Å²) in [5.41, 5.74) is 1.87. The topological polar surface area (TPSA) is 56.0 Å². The van der Waals surface area contributed by atoms with Gasteiger partial charge in [-0.25, -0.2) is 4.98 Å². The van der Waals surface area contributed by atoms with Crippen LogP contribution in [0, 0.1) is 5.92 Å². The van der Waals surface area contributed by atoms with Crippen LogP contribution in [-0.2, 0) is 11.2 Å². The number of alkyl halides is 2. The Morgan fingerprint density at radius 1 is 1.14 bits per heavy atom. The van der Waals surface area contributed by atoms with Crippen LogP contribution in [0.3, 0.4) is 0 Å². The number of hydrogen-bond acceptors (Lipinski definition) is 4. The summed E-state index contributed by atoms with van der Waals surface area (Å²) in [6, 6.07) is 12.0. The van der Waals surface area contributed by atoms with Crippen molar-refractivity contribution in [2.24, 2.45) is 10.9 Å². The van der Waals surface area contributed by atoms with Crippen molar-refractivity contribution in [1.82, 2.24) is 9.38 Å². The van der Waals surface area contributed by atoms with E-state index < -0.39 is 12.8 Å². The van der Waals surface area contributed by atoms with Crippen LogP contribution < -0.4 is 0 Å². The molecule has 0 atom stereocenters. The Labute approximate surface area is 159 Å². The van der Waals surface area contributed by atoms with Crippen molar-refractivity contribution < 1.29 is 22.7 Å². The fraction of sp³-hybridized carbons (Fsp3) is 0.250. The molecule has 2 heterocycles. The zero-order chi connectivity index (χ0) is 20.3. The van der Waals surface area contributed by atoms with E-state index in [0.717, 1.165) is 0 Å². The van der Waals surface area contributed by atoms with E-state index in [9.17, 15) is 18.0 Å². The minimum atomic E-state index is -3.32. The third-order valence-electron chi connectivity index (χ3n) is 3.98. The Balaban J connectivity index is 2.07. The molecule has 2 aromatic heterocycles. The van der Waals surface area contributed by atoms with Crippen molar-refractivity contribution in [3.05, 3.63) is 65.5 Å². The summed E-state index contributed by atoms with van der Waals surface area (Å²) < 4.78 is 43.3. The second-order valence-corrected chi connectivity index (χ2v) is 6.56. The number of ether oxygens (including phenoxy) is 1. The minimum absolute atomic E-state index is 0.0591. The summed E-state index contributed by atoms with van der Waals surface area (Å²) in [6.07, 6.45) is 0.384. The van der Waals surface area contributed by atoms with Gasteiger partial charge in [0.05, 0.1) is 5.69 Å². The van der Waals surface area contributed by atoms with Gasteiger partial charge in [-0.1, -0.05) is 44.2 Å². The predicted molar refractivity (Wildman–Crippen MR) is 98.9 cm³/mol. The number of ketones is 1. The summed E-state index contributed by atoms with van der Waals surface area (Å²) >= 11 is 0. The van der Waals surface area contributed by atoms with E-state index in [4.69, 9.17) is 0 Å². The number of hydrogen-bond donors (Lipinski definition) is 0. The SMILES string of the molecule is CC(C)Cc1c(/N=C(/F)OC(F)F)nc2ccc(C(=O)c3ccccc3)cn12. The predicted octanol–water partition coefficient (Wildman–Crippen LogP) is 4.96. The molecule has 0 amide bonds. The van der Waals surface area contributed by atoms with Crippen LogP contribution >= 0.6 is 0 Å². The molecule has 0 aliphatic carbocycles. The number of imidazole rings is 1. The molecule has 1 aromatic carbocycles. The molecule has 0 unspecified atom stereocenters. The van der Waals surface area contributed by atoms with Crippen molar-refractivity contribution in [2.75, 3.05) is 0 Å². The van der Waals surface area contributed by atoms with Crippen molar-refractivity contribution in [1.29, 1.82) is 0 Å². The smallest absolute Gasteiger partial charge is 0.390 e. The van der Waals surface area contributed by atoms with E-state index >= 15 is 0 Å². The Hall–Kier alpha value is -3.16. The quantitative estimate of drug-likeness (QED) is 0.340. The van der Waals surface area contributed by atoms with Gasteiger partial charge >= 0.3 is 12.8 Å². The highest BCUT2D eigenvalue weighted by Gasteiger charge is 2.18. The second kappa shape index (κ2) is 8.24. The lowest BCUT2D eigenvalue weighted by Gasteiger charge is -2.08. The normalized spacial score (nSPS) is 12.2. The van der Waals surface area contributed by atoms with E-state index in [0.29, 0.717) is 28.9 Å². The Morgan fingerprint density at radius 2 is 1.86 bits per heavy atom. The molecule has 0 N–H and O–H groups in total. The first-order valence-corrected chi connectivity index (χ1v) is 8.65. The van der Waals surface area contributed by atoms with Gasteiger partial charge < -0.3 is 9.14 Å². The molecule has 0 fully saturated rings. The molecule has 0 spiro atoms. The van der Waals surface area contributed by atoms with Crippen LogP contribution in [-0.4, -0.2) is 27.9 Å². The molecule has 3 aromatic rings. The first-order chi connectivity index (χ1) is 13.3. The molecule has 5 nitrogen and oxygen atoms in total. The van der Waals surface area contributed by atoms with Crippen LogP contribution in [0.2, 0.25) is 0 Å². The number of halogens is 3. The third kappa shape index (κ3) is 4.39. The van der Waals surface area contributed by atoms with Crippen molar-refractivity contribution in [3.63, 3.8) is 0 Å². The average molecular weight is 389 g/mol. The number of rotatable bonds is 6. The van der Waals surface area contributed by atoms with Gasteiger partial charge in [-0.2, -0.15) is 13.8 Å². The zero-order valence-corrected chi connectivity index (χ0v) is 15.3. The molecule has 0 bridgehead atoms. The molecule has 0 aliphatic rings. The highest BCUT2D eigenvalue weighted by Crippen LogP contribution is 2.25. The maximum absolute atomic E-state index is 13.6. The van der Waals surface area contributed by atoms with Crippen LogP contribution in [0.1, 0.15) is 35.5 Å². The summed E-state index contributed by atoms with van der Waals surface area (Å²) in [5.74, 6) is -0.0819. The molecule has 146 valence electrons. The largest absolute Gasteiger partial charge is 0.393 e. The van der Waals surface area contributed by atoms with E-state index in [1.807, 2.05) is 19.9 Å². The van der Waals surface area contributed by atoms with Gasteiger partial charge in [-0.05, 0) is 24.5 Å². The first kappa shape index (κ1) is 19.6. The van der Waals surface area contributed by atoms with Gasteiger partial charge in [0.1, 0.15) is 5.65 Å². The van der Waals surface area contributed by atoms with Crippen LogP contribution in [0.15, 0.2) is 53.7 Å². The van der Waals surface area contributed by atoms with Gasteiger partial charge in [-0.3, -0.25) is 4.79 Å². The lowest BCUT2D eigenvalue weighted by Crippen LogP contribution is -2.06. The van der Waals surface area contributed by atoms with E-state index in [1.165, 1.54) is 0 Å². The number of carbonyl (C=O) groups is 1. The van der Waals surface area contributed by atoms with Crippen LogP contribution in [0.4, 0.5) is 19.0 Å². The van der Waals surface area contributed by atoms with Crippen molar-refractivity contribution in [2.45, 2.75) is 26.9 Å². The maximum Gasteiger partial charge on any atom is 0.390 e. The summed E-state index contributed by atoms with van der Waals surface area (Å²) in [7, 11) is 0. The number of aromatic nitrogens is 2. The van der Waals surface area contributed by atoms with Gasteiger partial charge in [0.2, 0.25) is 0 Å². The monoisotopic (exact) mass is 389 g/mol. The van der Waals surface area contributed by atoms with E-state index in [-0.39, 0.29) is 17.5 Å². The molecule has 0 saturated heterocycles. The highest BCUT2D eigenvalue weighted by molar-refractivity contribution is 6.08. The Kier molecular flexibility index (Phi) is 5.77. The molecule has 3 rings (SSSR count). The third-order valence-corrected chi connectivity index (χ3v) is 3.98. The molecular formula is C20H18F3N3O2. The zero-order valence-electron chi connectivity index (χ0n) is 15.3. The molecule has 0 radical (unpaired) electrons. The number of aliphatic imine (C=N–C) groups is 1. The average Bonchev–Trinajstić information content (AvgIpc) is 2.97. The summed E-state index contributed by atoms with van der Waals surface area (Å²) in [4.78, 5) is 20.3. The second-order valence-electron chi connectivity index (χ2n) is 6.56. The van der Waals surface area contributed by atoms with Crippen LogP contribution in [0.5, 0.6) is 0 Å². The summed E-state index contributed by atoms with van der Waals surface area (Å²) in [6.45, 7) is 0.569. The number of carbonyl (C=O) groups excluding carboxylic acids is 1. The van der Waals surface area contributed by atoms with Crippen molar-refractivity contribution in [3.8, 4) is 0 Å². The van der Waals surface area contributed by atoms with Gasteiger partial charge in [0.25, 0.3) is 0 Å². The highest BCUT2D eigenvalue weighted by atomic mass is 19.3. The van der Waals surface area contributed by atoms with E-state index in [2.05, 4.69) is 14.7 Å². The summed E-state index contributed by atoms with van der Waals surface area (Å²) in [5, 5.41) is 0. The number of pyridine rings is 1. The lowest BCUT2D eigenvalue weighted by atomic mass is 10.0. The number of fused-ring (bicyclic) bond motifs is 1. The Bertz CT molecular complexity index is 1010. The van der Waals surface area contributed by atoms with Crippen molar-refractivity contribution >= 4 is 23.4 Å². The number of benzene rings is 1. The molecule has 0 saturated carbocycles. The van der Waals surface area contributed by atoms with Gasteiger partial charge in [0.15, 0.2) is 11.6 Å². The fourth-order valence-corrected chi connectivity index (χ4v) is 2.82. The van der Waals surface area contributed by atoms with Gasteiger partial charge in [0, 0.05) is 17.3 Å². The maximum atomic E-state index is 13.6.